The van der Waals surface area contributed by atoms with E-state index in [0.717, 1.165) is 24.3 Å². The molecule has 0 spiro atoms. The second kappa shape index (κ2) is 7.14. The molecule has 1 aromatic rings. The molecule has 0 radical (unpaired) electrons. The zero-order valence-corrected chi connectivity index (χ0v) is 15.1. The zero-order chi connectivity index (χ0) is 18.9. The molecule has 1 fully saturated rings. The van der Waals surface area contributed by atoms with Gasteiger partial charge < -0.3 is 10.2 Å². The largest absolute Gasteiger partial charge is 0.347 e. The normalized spacial score (nSPS) is 24.8. The van der Waals surface area contributed by atoms with E-state index in [-0.39, 0.29) is 23.0 Å². The summed E-state index contributed by atoms with van der Waals surface area (Å²) in [6.07, 6.45) is 3.86. The lowest BCUT2D eigenvalue weighted by Crippen LogP contribution is -2.48. The highest BCUT2D eigenvalue weighted by molar-refractivity contribution is 7.91. The molecule has 3 heterocycles. The number of hydrogen-bond acceptors (Lipinski definition) is 5. The fourth-order valence-corrected chi connectivity index (χ4v) is 5.25. The molecule has 0 aromatic carbocycles. The Kier molecular flexibility index (Phi) is 5.08. The van der Waals surface area contributed by atoms with Gasteiger partial charge in [0.2, 0.25) is 11.9 Å². The molecular weight excluding hydrogens is 361 g/mol. The van der Waals surface area contributed by atoms with Crippen molar-refractivity contribution in [2.24, 2.45) is 5.92 Å². The molecule has 1 aromatic heterocycles. The van der Waals surface area contributed by atoms with E-state index in [1.54, 1.807) is 4.90 Å². The number of nitrogens with zero attached hydrogens (tertiary/aromatic N) is 2. The Morgan fingerprint density at radius 1 is 1.31 bits per heavy atom. The number of amides is 2. The van der Waals surface area contributed by atoms with Crippen LogP contribution in [0.25, 0.3) is 0 Å². The predicted octanol–water partition coefficient (Wildman–Crippen LogP) is 0.542. The summed E-state index contributed by atoms with van der Waals surface area (Å²) in [5.74, 6) is -2.94. The highest BCUT2D eigenvalue weighted by Crippen LogP contribution is 2.24. The Hall–Kier alpha value is -2.29. The topological polar surface area (TPSA) is 96.4 Å². The van der Waals surface area contributed by atoms with E-state index < -0.39 is 33.7 Å². The van der Waals surface area contributed by atoms with Crippen LogP contribution in [0.3, 0.4) is 0 Å². The molecule has 0 aliphatic carbocycles. The molecule has 9 heteroatoms. The first kappa shape index (κ1) is 18.5. The van der Waals surface area contributed by atoms with E-state index in [0.29, 0.717) is 13.1 Å². The third kappa shape index (κ3) is 4.09. The second-order valence-electron chi connectivity index (χ2n) is 6.73. The monoisotopic (exact) mass is 381 g/mol. The zero-order valence-electron chi connectivity index (χ0n) is 14.3. The molecule has 2 aliphatic heterocycles. The van der Waals surface area contributed by atoms with Crippen LogP contribution in [0.4, 0.5) is 4.39 Å². The molecule has 0 saturated carbocycles. The number of carbonyl (C=O) groups is 2. The summed E-state index contributed by atoms with van der Waals surface area (Å²) in [5.41, 5.74) is 1.17. The van der Waals surface area contributed by atoms with E-state index in [4.69, 9.17) is 0 Å². The van der Waals surface area contributed by atoms with Crippen molar-refractivity contribution in [1.82, 2.24) is 15.2 Å². The fourth-order valence-electron chi connectivity index (χ4n) is 3.33. The highest BCUT2D eigenvalue weighted by atomic mass is 32.2. The van der Waals surface area contributed by atoms with Crippen LogP contribution >= 0.6 is 0 Å². The van der Waals surface area contributed by atoms with Crippen molar-refractivity contribution in [2.75, 3.05) is 24.6 Å². The summed E-state index contributed by atoms with van der Waals surface area (Å²) in [7, 11) is -3.43. The minimum Gasteiger partial charge on any atom is -0.347 e. The molecule has 140 valence electrons. The first-order chi connectivity index (χ1) is 12.2. The Balaban J connectivity index is 1.75. The van der Waals surface area contributed by atoms with Crippen LogP contribution in [-0.4, -0.2) is 60.8 Å². The van der Waals surface area contributed by atoms with Crippen LogP contribution < -0.4 is 5.32 Å². The number of halogens is 1. The maximum atomic E-state index is 12.9. The highest BCUT2D eigenvalue weighted by Gasteiger charge is 2.44. The van der Waals surface area contributed by atoms with Crippen LogP contribution in [0.1, 0.15) is 23.7 Å². The van der Waals surface area contributed by atoms with Crippen molar-refractivity contribution in [3.8, 4) is 0 Å². The third-order valence-electron chi connectivity index (χ3n) is 4.62. The van der Waals surface area contributed by atoms with Crippen LogP contribution in [0.15, 0.2) is 30.0 Å². The van der Waals surface area contributed by atoms with Gasteiger partial charge in [-0.15, -0.1) is 0 Å². The Labute approximate surface area is 151 Å². The van der Waals surface area contributed by atoms with Gasteiger partial charge in [-0.05, 0) is 25.5 Å². The van der Waals surface area contributed by atoms with Crippen LogP contribution in [0, 0.1) is 11.9 Å². The van der Waals surface area contributed by atoms with Gasteiger partial charge in [0.05, 0.1) is 29.0 Å². The van der Waals surface area contributed by atoms with Gasteiger partial charge in [0.1, 0.15) is 0 Å². The number of rotatable bonds is 3. The molecule has 1 N–H and O–H groups in total. The number of hydrogen-bond donors (Lipinski definition) is 1. The van der Waals surface area contributed by atoms with Crippen molar-refractivity contribution < 1.29 is 22.4 Å². The Morgan fingerprint density at radius 3 is 2.73 bits per heavy atom. The Bertz CT molecular complexity index is 851. The smallest absolute Gasteiger partial charge is 0.253 e. The molecule has 2 atom stereocenters. The third-order valence-corrected chi connectivity index (χ3v) is 6.35. The van der Waals surface area contributed by atoms with Gasteiger partial charge in [-0.2, -0.15) is 4.39 Å². The van der Waals surface area contributed by atoms with Crippen LogP contribution in [0.2, 0.25) is 0 Å². The molecule has 2 aliphatic rings. The van der Waals surface area contributed by atoms with Crippen molar-refractivity contribution >= 4 is 21.7 Å². The van der Waals surface area contributed by atoms with Gasteiger partial charge >= 0.3 is 0 Å². The summed E-state index contributed by atoms with van der Waals surface area (Å²) >= 11 is 0. The molecular formula is C17H20FN3O4S. The maximum absolute atomic E-state index is 12.9. The average Bonchev–Trinajstić information content (AvgIpc) is 2.89. The molecule has 26 heavy (non-hydrogen) atoms. The van der Waals surface area contributed by atoms with Crippen LogP contribution in [-0.2, 0) is 14.6 Å². The SMILES string of the molecule is CC1=CCCN(C(=O)[C@@H]2CS(=O)(=O)C[C@H]2NC(=O)c2ccc(F)nc2)C1. The van der Waals surface area contributed by atoms with E-state index in [1.165, 1.54) is 6.07 Å². The molecule has 2 amide bonds. The average molecular weight is 381 g/mol. The van der Waals surface area contributed by atoms with Gasteiger partial charge in [-0.25, -0.2) is 13.4 Å². The number of nitrogens with one attached hydrogen (secondary N) is 1. The van der Waals surface area contributed by atoms with E-state index in [2.05, 4.69) is 16.4 Å². The van der Waals surface area contributed by atoms with Crippen molar-refractivity contribution in [3.63, 3.8) is 0 Å². The fraction of sp³-hybridized carbons (Fsp3) is 0.471. The summed E-state index contributed by atoms with van der Waals surface area (Å²) < 4.78 is 37.0. The quantitative estimate of drug-likeness (QED) is 0.609. The van der Waals surface area contributed by atoms with Gasteiger partial charge in [-0.1, -0.05) is 11.6 Å². The molecule has 7 nitrogen and oxygen atoms in total. The van der Waals surface area contributed by atoms with E-state index >= 15 is 0 Å². The standard InChI is InChI=1S/C17H20FN3O4S/c1-11-3-2-6-21(8-11)17(23)13-9-26(24,25)10-14(13)20-16(22)12-4-5-15(18)19-7-12/h3-5,7,13-14H,2,6,8-10H2,1H3,(H,20,22)/t13-,14-/m1/s1. The van der Waals surface area contributed by atoms with Crippen molar-refractivity contribution in [1.29, 1.82) is 0 Å². The van der Waals surface area contributed by atoms with Crippen molar-refractivity contribution in [2.45, 2.75) is 19.4 Å². The minimum absolute atomic E-state index is 0.110. The lowest BCUT2D eigenvalue weighted by atomic mass is 10.00. The first-order valence-electron chi connectivity index (χ1n) is 8.32. The number of aromatic nitrogens is 1. The first-order valence-corrected chi connectivity index (χ1v) is 10.1. The summed E-state index contributed by atoms with van der Waals surface area (Å²) in [5, 5.41) is 2.61. The number of sulfone groups is 1. The molecule has 0 unspecified atom stereocenters. The second-order valence-corrected chi connectivity index (χ2v) is 8.89. The summed E-state index contributed by atoms with van der Waals surface area (Å²) in [6, 6.07) is 1.50. The van der Waals surface area contributed by atoms with E-state index in [9.17, 15) is 22.4 Å². The lowest BCUT2D eigenvalue weighted by molar-refractivity contribution is -0.135. The molecule has 0 bridgehead atoms. The minimum atomic E-state index is -3.43. The van der Waals surface area contributed by atoms with Crippen LogP contribution in [0.5, 0.6) is 0 Å². The number of pyridine rings is 1. The van der Waals surface area contributed by atoms with Gasteiger partial charge in [0, 0.05) is 19.3 Å². The van der Waals surface area contributed by atoms with Gasteiger partial charge in [0.15, 0.2) is 9.84 Å². The van der Waals surface area contributed by atoms with Crippen molar-refractivity contribution in [3.05, 3.63) is 41.5 Å². The van der Waals surface area contributed by atoms with Gasteiger partial charge in [0.25, 0.3) is 5.91 Å². The number of carbonyl (C=O) groups excluding carboxylic acids is 2. The van der Waals surface area contributed by atoms with E-state index in [1.807, 2.05) is 6.92 Å². The Morgan fingerprint density at radius 2 is 2.08 bits per heavy atom. The maximum Gasteiger partial charge on any atom is 0.253 e. The predicted molar refractivity (Wildman–Crippen MR) is 92.5 cm³/mol. The lowest BCUT2D eigenvalue weighted by Gasteiger charge is -2.30. The summed E-state index contributed by atoms with van der Waals surface area (Å²) in [4.78, 5) is 30.2. The van der Waals surface area contributed by atoms with Gasteiger partial charge in [-0.3, -0.25) is 9.59 Å². The molecule has 3 rings (SSSR count). The molecule has 1 saturated heterocycles. The summed E-state index contributed by atoms with van der Waals surface area (Å²) in [6.45, 7) is 2.93.